The van der Waals surface area contributed by atoms with Gasteiger partial charge in [-0.3, -0.25) is 4.79 Å². The second-order valence-electron chi connectivity index (χ2n) is 5.69. The largest absolute Gasteiger partial charge is 0.309 e. The Bertz CT molecular complexity index is 880. The van der Waals surface area contributed by atoms with Crippen molar-refractivity contribution in [2.75, 3.05) is 0 Å². The third-order valence-corrected chi connectivity index (χ3v) is 5.61. The molecule has 0 unspecified atom stereocenters. The zero-order valence-corrected chi connectivity index (χ0v) is 13.6. The number of allylic oxidation sites excluding steroid dienone is 1. The fourth-order valence-corrected chi connectivity index (χ4v) is 3.99. The minimum atomic E-state index is -3.46. The molecule has 0 aliphatic heterocycles. The molecular weight excluding hydrogens is 310 g/mol. The van der Waals surface area contributed by atoms with E-state index in [1.807, 2.05) is 6.07 Å². The third kappa shape index (κ3) is 3.45. The first-order valence-corrected chi connectivity index (χ1v) is 9.31. The van der Waals surface area contributed by atoms with Gasteiger partial charge in [0.2, 0.25) is 0 Å². The van der Waals surface area contributed by atoms with Crippen molar-refractivity contribution in [2.45, 2.75) is 37.1 Å². The highest BCUT2D eigenvalue weighted by Gasteiger charge is 2.14. The molecule has 0 saturated carbocycles. The highest BCUT2D eigenvalue weighted by atomic mass is 32.2. The fraction of sp³-hybridized carbons (Fsp3) is 0.278. The zero-order valence-electron chi connectivity index (χ0n) is 12.8. The topological polar surface area (TPSA) is 56.1 Å². The van der Waals surface area contributed by atoms with Crippen molar-refractivity contribution in [3.8, 4) is 0 Å². The van der Waals surface area contributed by atoms with E-state index in [4.69, 9.17) is 0 Å². The van der Waals surface area contributed by atoms with Crippen LogP contribution in [0.25, 0.3) is 0 Å². The lowest BCUT2D eigenvalue weighted by Crippen LogP contribution is -2.25. The zero-order chi connectivity index (χ0) is 16.3. The van der Waals surface area contributed by atoms with Crippen molar-refractivity contribution in [2.24, 2.45) is 0 Å². The van der Waals surface area contributed by atoms with E-state index in [2.05, 4.69) is 0 Å². The van der Waals surface area contributed by atoms with Crippen LogP contribution in [0.3, 0.4) is 0 Å². The minimum Gasteiger partial charge on any atom is -0.309 e. The summed E-state index contributed by atoms with van der Waals surface area (Å²) in [6.45, 7) is 0.286. The third-order valence-electron chi connectivity index (χ3n) is 4.13. The van der Waals surface area contributed by atoms with Crippen LogP contribution in [0.1, 0.15) is 24.1 Å². The van der Waals surface area contributed by atoms with E-state index in [1.165, 1.54) is 11.0 Å². The number of benzene rings is 1. The molecule has 0 bridgehead atoms. The van der Waals surface area contributed by atoms with E-state index in [0.717, 1.165) is 31.4 Å². The van der Waals surface area contributed by atoms with Crippen LogP contribution in [0.4, 0.5) is 0 Å². The number of aromatic nitrogens is 1. The summed E-state index contributed by atoms with van der Waals surface area (Å²) < 4.78 is 26.1. The Balaban J connectivity index is 1.85. The molecule has 0 radical (unpaired) electrons. The molecule has 0 spiro atoms. The van der Waals surface area contributed by atoms with Crippen LogP contribution in [0.5, 0.6) is 0 Å². The van der Waals surface area contributed by atoms with Gasteiger partial charge in [0.05, 0.1) is 4.90 Å². The molecule has 0 amide bonds. The van der Waals surface area contributed by atoms with Gasteiger partial charge in [0.25, 0.3) is 5.56 Å². The van der Waals surface area contributed by atoms with E-state index in [1.54, 1.807) is 47.0 Å². The molecule has 3 rings (SSSR count). The minimum absolute atomic E-state index is 0.0765. The van der Waals surface area contributed by atoms with Crippen molar-refractivity contribution in [1.29, 1.82) is 0 Å². The first-order valence-electron chi connectivity index (χ1n) is 7.76. The van der Waals surface area contributed by atoms with Crippen LogP contribution < -0.4 is 5.56 Å². The average molecular weight is 329 g/mol. The average Bonchev–Trinajstić information content (AvgIpc) is 2.57. The fourth-order valence-electron chi connectivity index (χ4n) is 2.96. The number of rotatable bonds is 4. The van der Waals surface area contributed by atoms with Gasteiger partial charge in [-0.15, -0.1) is 0 Å². The van der Waals surface area contributed by atoms with Crippen molar-refractivity contribution < 1.29 is 8.42 Å². The first kappa shape index (κ1) is 15.7. The highest BCUT2D eigenvalue weighted by Crippen LogP contribution is 2.19. The van der Waals surface area contributed by atoms with Crippen LogP contribution in [-0.4, -0.2) is 13.0 Å². The summed E-state index contributed by atoms with van der Waals surface area (Å²) in [5, 5.41) is 1.19. The quantitative estimate of drug-likeness (QED) is 0.866. The molecule has 2 aromatic rings. The first-order chi connectivity index (χ1) is 11.1. The molecule has 0 atom stereocenters. The Kier molecular flexibility index (Phi) is 4.48. The normalized spacial score (nSPS) is 14.8. The molecule has 0 N–H and O–H groups in total. The molecule has 1 aromatic heterocycles. The Morgan fingerprint density at radius 3 is 2.52 bits per heavy atom. The van der Waals surface area contributed by atoms with Gasteiger partial charge in [-0.1, -0.05) is 30.3 Å². The Hall–Kier alpha value is -2.14. The van der Waals surface area contributed by atoms with Gasteiger partial charge < -0.3 is 4.57 Å². The molecule has 5 heteroatoms. The molecule has 23 heavy (non-hydrogen) atoms. The van der Waals surface area contributed by atoms with Crippen molar-refractivity contribution in [1.82, 2.24) is 4.57 Å². The molecule has 0 fully saturated rings. The Morgan fingerprint density at radius 2 is 1.74 bits per heavy atom. The number of pyridine rings is 1. The van der Waals surface area contributed by atoms with E-state index >= 15 is 0 Å². The summed E-state index contributed by atoms with van der Waals surface area (Å²) in [5.41, 5.74) is 2.17. The second-order valence-corrected chi connectivity index (χ2v) is 7.52. The van der Waals surface area contributed by atoms with Gasteiger partial charge in [-0.2, -0.15) is 0 Å². The van der Waals surface area contributed by atoms with Crippen molar-refractivity contribution >= 4 is 9.84 Å². The van der Waals surface area contributed by atoms with Crippen LogP contribution in [0.2, 0.25) is 0 Å². The van der Waals surface area contributed by atoms with Gasteiger partial charge in [0, 0.05) is 23.7 Å². The summed E-state index contributed by atoms with van der Waals surface area (Å²) in [7, 11) is -3.46. The van der Waals surface area contributed by atoms with Crippen LogP contribution in [0, 0.1) is 0 Å². The summed E-state index contributed by atoms with van der Waals surface area (Å²) in [6, 6.07) is 11.8. The van der Waals surface area contributed by atoms with Crippen LogP contribution >= 0.6 is 0 Å². The van der Waals surface area contributed by atoms with E-state index in [-0.39, 0.29) is 17.0 Å². The lowest BCUT2D eigenvalue weighted by Gasteiger charge is -2.19. The maximum Gasteiger partial charge on any atom is 0.251 e. The number of hydrogen-bond donors (Lipinski definition) is 0. The SMILES string of the molecule is O=c1ccc2c(n1C/C=C/S(=O)(=O)c1ccccc1)CCCC2. The second kappa shape index (κ2) is 6.54. The van der Waals surface area contributed by atoms with Crippen LogP contribution in [-0.2, 0) is 29.2 Å². The van der Waals surface area contributed by atoms with E-state index in [0.29, 0.717) is 0 Å². The standard InChI is InChI=1S/C18H19NO3S/c20-18-12-11-15-7-4-5-10-17(15)19(18)13-6-14-23(21,22)16-8-2-1-3-9-16/h1-3,6,8-9,11-12,14H,4-5,7,10,13H2/b14-6+. The van der Waals surface area contributed by atoms with Gasteiger partial charge >= 0.3 is 0 Å². The van der Waals surface area contributed by atoms with Crippen molar-refractivity contribution in [3.05, 3.63) is 75.6 Å². The molecule has 1 heterocycles. The van der Waals surface area contributed by atoms with E-state index in [9.17, 15) is 13.2 Å². The van der Waals surface area contributed by atoms with Gasteiger partial charge in [0.1, 0.15) is 0 Å². The number of sulfone groups is 1. The maximum atomic E-state index is 12.2. The predicted octanol–water partition coefficient (Wildman–Crippen LogP) is 2.71. The van der Waals surface area contributed by atoms with Gasteiger partial charge in [-0.05, 0) is 43.4 Å². The monoisotopic (exact) mass is 329 g/mol. The number of hydrogen-bond acceptors (Lipinski definition) is 3. The molecule has 120 valence electrons. The number of nitrogens with zero attached hydrogens (tertiary/aromatic N) is 1. The van der Waals surface area contributed by atoms with Crippen molar-refractivity contribution in [3.63, 3.8) is 0 Å². The summed E-state index contributed by atoms with van der Waals surface area (Å²) in [6.07, 6.45) is 5.64. The number of fused-ring (bicyclic) bond motifs is 1. The van der Waals surface area contributed by atoms with E-state index < -0.39 is 9.84 Å². The maximum absolute atomic E-state index is 12.2. The molecule has 1 aliphatic carbocycles. The predicted molar refractivity (Wildman–Crippen MR) is 90.1 cm³/mol. The van der Waals surface area contributed by atoms with Gasteiger partial charge in [-0.25, -0.2) is 8.42 Å². The lowest BCUT2D eigenvalue weighted by atomic mass is 9.96. The lowest BCUT2D eigenvalue weighted by molar-refractivity contribution is 0.601. The van der Waals surface area contributed by atoms with Gasteiger partial charge in [0.15, 0.2) is 9.84 Å². The summed E-state index contributed by atoms with van der Waals surface area (Å²) in [4.78, 5) is 12.4. The molecule has 0 saturated heterocycles. The van der Waals surface area contributed by atoms with Crippen LogP contribution in [0.15, 0.2) is 63.6 Å². The molecule has 4 nitrogen and oxygen atoms in total. The smallest absolute Gasteiger partial charge is 0.251 e. The summed E-state index contributed by atoms with van der Waals surface area (Å²) in [5.74, 6) is 0. The Labute approximate surface area is 136 Å². The highest BCUT2D eigenvalue weighted by molar-refractivity contribution is 7.94. The molecular formula is C18H19NO3S. The number of aryl methyl sites for hydroxylation is 1. The summed E-state index contributed by atoms with van der Waals surface area (Å²) >= 11 is 0. The molecule has 1 aliphatic rings. The Morgan fingerprint density at radius 1 is 1.00 bits per heavy atom. The molecule has 1 aromatic carbocycles.